The lowest BCUT2D eigenvalue weighted by Crippen LogP contribution is -2.44. The van der Waals surface area contributed by atoms with E-state index in [1.165, 1.54) is 0 Å². The van der Waals surface area contributed by atoms with Crippen LogP contribution in [0.1, 0.15) is 41.0 Å². The van der Waals surface area contributed by atoms with Gasteiger partial charge in [-0.3, -0.25) is 4.90 Å². The first-order chi connectivity index (χ1) is 5.89. The molecule has 1 aliphatic heterocycles. The molecule has 0 bridgehead atoms. The maximum Gasteiger partial charge on any atom is 0.0677 e. The van der Waals surface area contributed by atoms with Crippen LogP contribution in [0, 0.1) is 0 Å². The number of hydrogen-bond donors (Lipinski definition) is 0. The summed E-state index contributed by atoms with van der Waals surface area (Å²) in [5, 5.41) is 0. The van der Waals surface area contributed by atoms with Gasteiger partial charge in [-0.05, 0) is 41.0 Å². The van der Waals surface area contributed by atoms with Crippen LogP contribution in [0.4, 0.5) is 0 Å². The van der Waals surface area contributed by atoms with Crippen molar-refractivity contribution in [2.75, 3.05) is 13.1 Å². The van der Waals surface area contributed by atoms with E-state index in [1.807, 2.05) is 0 Å². The van der Waals surface area contributed by atoms with E-state index in [1.54, 1.807) is 0 Å². The van der Waals surface area contributed by atoms with Gasteiger partial charge in [-0.1, -0.05) is 0 Å². The molecule has 2 nitrogen and oxygen atoms in total. The minimum absolute atomic E-state index is 0.279. The van der Waals surface area contributed by atoms with Gasteiger partial charge < -0.3 is 4.74 Å². The van der Waals surface area contributed by atoms with Crippen LogP contribution < -0.4 is 0 Å². The second-order valence-corrected chi connectivity index (χ2v) is 5.16. The fraction of sp³-hybridized carbons (Fsp3) is 1.00. The Kier molecular flexibility index (Phi) is 3.36. The van der Waals surface area contributed by atoms with Crippen molar-refractivity contribution in [3.05, 3.63) is 0 Å². The molecule has 0 aliphatic carbocycles. The Balaban J connectivity index is 2.58. The molecular formula is C11H23NO. The second-order valence-electron chi connectivity index (χ2n) is 5.16. The number of ether oxygens (including phenoxy) is 1. The van der Waals surface area contributed by atoms with Gasteiger partial charge in [0.1, 0.15) is 0 Å². The Labute approximate surface area is 82.3 Å². The van der Waals surface area contributed by atoms with Gasteiger partial charge in [-0.25, -0.2) is 0 Å². The van der Waals surface area contributed by atoms with Crippen LogP contribution in [0.25, 0.3) is 0 Å². The molecular weight excluding hydrogens is 162 g/mol. The molecule has 0 saturated carbocycles. The third-order valence-electron chi connectivity index (χ3n) is 2.70. The van der Waals surface area contributed by atoms with Gasteiger partial charge in [0.15, 0.2) is 0 Å². The monoisotopic (exact) mass is 185 g/mol. The summed E-state index contributed by atoms with van der Waals surface area (Å²) in [5.74, 6) is 0. The third kappa shape index (κ3) is 3.28. The molecule has 78 valence electrons. The highest BCUT2D eigenvalue weighted by molar-refractivity contribution is 4.80. The summed E-state index contributed by atoms with van der Waals surface area (Å²) in [5.41, 5.74) is 0.279. The molecule has 0 spiro atoms. The SMILES string of the molecule is CC1CCN(C(C)(C)C)CC(C)O1. The lowest BCUT2D eigenvalue weighted by Gasteiger charge is -2.35. The minimum atomic E-state index is 0.279. The first kappa shape index (κ1) is 11.0. The summed E-state index contributed by atoms with van der Waals surface area (Å²) in [7, 11) is 0. The molecule has 2 unspecified atom stereocenters. The van der Waals surface area contributed by atoms with Crippen molar-refractivity contribution < 1.29 is 4.74 Å². The average molecular weight is 185 g/mol. The van der Waals surface area contributed by atoms with Gasteiger partial charge in [0.2, 0.25) is 0 Å². The van der Waals surface area contributed by atoms with E-state index in [-0.39, 0.29) is 5.54 Å². The Morgan fingerprint density at radius 2 is 1.77 bits per heavy atom. The average Bonchev–Trinajstić information content (AvgIpc) is 2.09. The lowest BCUT2D eigenvalue weighted by atomic mass is 10.1. The van der Waals surface area contributed by atoms with Crippen LogP contribution in [-0.2, 0) is 4.74 Å². The topological polar surface area (TPSA) is 12.5 Å². The molecule has 1 heterocycles. The zero-order valence-electron chi connectivity index (χ0n) is 9.63. The highest BCUT2D eigenvalue weighted by Crippen LogP contribution is 2.19. The maximum absolute atomic E-state index is 5.79. The normalized spacial score (nSPS) is 33.0. The Morgan fingerprint density at radius 3 is 2.31 bits per heavy atom. The summed E-state index contributed by atoms with van der Waals surface area (Å²) in [6, 6.07) is 0. The van der Waals surface area contributed by atoms with Crippen LogP contribution in [0.2, 0.25) is 0 Å². The molecule has 13 heavy (non-hydrogen) atoms. The number of rotatable bonds is 0. The lowest BCUT2D eigenvalue weighted by molar-refractivity contribution is 0.00753. The van der Waals surface area contributed by atoms with Crippen molar-refractivity contribution in [3.8, 4) is 0 Å². The fourth-order valence-electron chi connectivity index (χ4n) is 1.86. The highest BCUT2D eigenvalue weighted by atomic mass is 16.5. The molecule has 0 amide bonds. The van der Waals surface area contributed by atoms with Crippen molar-refractivity contribution in [2.24, 2.45) is 0 Å². The zero-order valence-corrected chi connectivity index (χ0v) is 9.63. The summed E-state index contributed by atoms with van der Waals surface area (Å²) < 4.78 is 5.79. The van der Waals surface area contributed by atoms with Gasteiger partial charge in [0, 0.05) is 18.6 Å². The van der Waals surface area contributed by atoms with E-state index in [0.717, 1.165) is 19.5 Å². The molecule has 1 rings (SSSR count). The Bertz CT molecular complexity index is 162. The number of nitrogens with zero attached hydrogens (tertiary/aromatic N) is 1. The Hall–Kier alpha value is -0.0800. The molecule has 2 atom stereocenters. The van der Waals surface area contributed by atoms with Crippen molar-refractivity contribution in [1.82, 2.24) is 4.90 Å². The standard InChI is InChI=1S/C11H23NO/c1-9-6-7-12(11(3,4)5)8-10(2)13-9/h9-10H,6-8H2,1-5H3. The molecule has 2 heteroatoms. The molecule has 0 aromatic carbocycles. The van der Waals surface area contributed by atoms with Crippen LogP contribution in [0.15, 0.2) is 0 Å². The number of hydrogen-bond acceptors (Lipinski definition) is 2. The van der Waals surface area contributed by atoms with Crippen molar-refractivity contribution >= 4 is 0 Å². The molecule has 1 fully saturated rings. The van der Waals surface area contributed by atoms with E-state index in [2.05, 4.69) is 39.5 Å². The molecule has 0 aromatic rings. The van der Waals surface area contributed by atoms with Crippen LogP contribution in [-0.4, -0.2) is 35.7 Å². The highest BCUT2D eigenvalue weighted by Gasteiger charge is 2.26. The van der Waals surface area contributed by atoms with Gasteiger partial charge in [0.05, 0.1) is 12.2 Å². The van der Waals surface area contributed by atoms with Crippen molar-refractivity contribution in [1.29, 1.82) is 0 Å². The van der Waals surface area contributed by atoms with Crippen molar-refractivity contribution in [2.45, 2.75) is 58.8 Å². The first-order valence-electron chi connectivity index (χ1n) is 5.30. The van der Waals surface area contributed by atoms with Gasteiger partial charge >= 0.3 is 0 Å². The molecule has 0 aromatic heterocycles. The van der Waals surface area contributed by atoms with Crippen LogP contribution >= 0.6 is 0 Å². The summed E-state index contributed by atoms with van der Waals surface area (Å²) >= 11 is 0. The first-order valence-corrected chi connectivity index (χ1v) is 5.30. The molecule has 0 N–H and O–H groups in total. The van der Waals surface area contributed by atoms with Crippen LogP contribution in [0.3, 0.4) is 0 Å². The predicted octanol–water partition coefficient (Wildman–Crippen LogP) is 2.28. The van der Waals surface area contributed by atoms with E-state index in [0.29, 0.717) is 12.2 Å². The van der Waals surface area contributed by atoms with Gasteiger partial charge in [-0.2, -0.15) is 0 Å². The van der Waals surface area contributed by atoms with Gasteiger partial charge in [0.25, 0.3) is 0 Å². The molecule has 1 aliphatic rings. The molecule has 1 saturated heterocycles. The fourth-order valence-corrected chi connectivity index (χ4v) is 1.86. The van der Waals surface area contributed by atoms with E-state index in [4.69, 9.17) is 4.74 Å². The summed E-state index contributed by atoms with van der Waals surface area (Å²) in [4.78, 5) is 2.52. The van der Waals surface area contributed by atoms with Crippen LogP contribution in [0.5, 0.6) is 0 Å². The quantitative estimate of drug-likeness (QED) is 0.574. The van der Waals surface area contributed by atoms with E-state index < -0.39 is 0 Å². The maximum atomic E-state index is 5.79. The Morgan fingerprint density at radius 1 is 1.15 bits per heavy atom. The smallest absolute Gasteiger partial charge is 0.0677 e. The summed E-state index contributed by atoms with van der Waals surface area (Å²) in [6.45, 7) is 13.4. The van der Waals surface area contributed by atoms with Gasteiger partial charge in [-0.15, -0.1) is 0 Å². The zero-order chi connectivity index (χ0) is 10.1. The largest absolute Gasteiger partial charge is 0.374 e. The predicted molar refractivity (Wildman–Crippen MR) is 56.0 cm³/mol. The molecule has 0 radical (unpaired) electrons. The van der Waals surface area contributed by atoms with E-state index in [9.17, 15) is 0 Å². The van der Waals surface area contributed by atoms with Crippen molar-refractivity contribution in [3.63, 3.8) is 0 Å². The third-order valence-corrected chi connectivity index (χ3v) is 2.70. The van der Waals surface area contributed by atoms with E-state index >= 15 is 0 Å². The minimum Gasteiger partial charge on any atom is -0.374 e. The second kappa shape index (κ2) is 3.97. The summed E-state index contributed by atoms with van der Waals surface area (Å²) in [6.07, 6.45) is 1.95.